The lowest BCUT2D eigenvalue weighted by Crippen LogP contribution is -2.55. The zero-order valence-corrected chi connectivity index (χ0v) is 16.3. The van der Waals surface area contributed by atoms with Crippen LogP contribution in [0.15, 0.2) is 72.1 Å². The second-order valence-electron chi connectivity index (χ2n) is 6.69. The van der Waals surface area contributed by atoms with Crippen LogP contribution < -0.4 is 0 Å². The van der Waals surface area contributed by atoms with Gasteiger partial charge in [0.25, 0.3) is 0 Å². The van der Waals surface area contributed by atoms with E-state index in [1.165, 1.54) is 18.2 Å². The van der Waals surface area contributed by atoms with E-state index in [9.17, 15) is 39.3 Å². The summed E-state index contributed by atoms with van der Waals surface area (Å²) >= 11 is 0. The van der Waals surface area contributed by atoms with Crippen LogP contribution in [-0.2, 0) is 15.5 Å². The first-order chi connectivity index (χ1) is 14.2. The van der Waals surface area contributed by atoms with Crippen molar-refractivity contribution in [2.75, 3.05) is 0 Å². The molecule has 0 bridgehead atoms. The molecule has 0 spiro atoms. The number of fused-ring (bicyclic) bond motifs is 1. The summed E-state index contributed by atoms with van der Waals surface area (Å²) in [5, 5.41) is -0.743. The number of hydrogen-bond acceptors (Lipinski definition) is 3. The predicted octanol–water partition coefficient (Wildman–Crippen LogP) is 5.80. The largest absolute Gasteiger partial charge is 0.744 e. The normalized spacial score (nSPS) is 13.4. The van der Waals surface area contributed by atoms with Crippen molar-refractivity contribution >= 4 is 27.0 Å². The summed E-state index contributed by atoms with van der Waals surface area (Å²) in [6.45, 7) is 3.40. The van der Waals surface area contributed by atoms with Crippen LogP contribution in [0.5, 0.6) is 0 Å². The summed E-state index contributed by atoms with van der Waals surface area (Å²) in [7, 11) is -5.72. The van der Waals surface area contributed by atoms with Gasteiger partial charge in [-0.25, -0.2) is 8.42 Å². The molecule has 0 unspecified atom stereocenters. The monoisotopic (exact) mass is 459 g/mol. The Balaban J connectivity index is 2.67. The molecular weight excluding hydrogens is 446 g/mol. The third-order valence-corrected chi connectivity index (χ3v) is 5.84. The first-order valence-electron chi connectivity index (χ1n) is 8.59. The van der Waals surface area contributed by atoms with Crippen molar-refractivity contribution in [3.8, 4) is 0 Å². The molecule has 3 aromatic carbocycles. The molecule has 0 aliphatic carbocycles. The van der Waals surface area contributed by atoms with Crippen LogP contribution in [0.25, 0.3) is 16.8 Å². The van der Waals surface area contributed by atoms with E-state index >= 15 is 0 Å². The molecule has 31 heavy (non-hydrogen) atoms. The minimum atomic E-state index is -6.05. The molecule has 3 rings (SSSR count). The Morgan fingerprint density at radius 1 is 0.806 bits per heavy atom. The maximum Gasteiger partial charge on any atom is 0.411 e. The molecule has 0 aliphatic rings. The second-order valence-corrected chi connectivity index (χ2v) is 8.03. The highest BCUT2D eigenvalue weighted by Gasteiger charge is 2.73. The quantitative estimate of drug-likeness (QED) is 0.366. The van der Waals surface area contributed by atoms with Gasteiger partial charge in [0.05, 0.1) is 4.90 Å². The molecule has 0 heterocycles. The summed E-state index contributed by atoms with van der Waals surface area (Å²) in [5.74, 6) is 0. The smallest absolute Gasteiger partial charge is 0.411 e. The van der Waals surface area contributed by atoms with E-state index in [4.69, 9.17) is 0 Å². The molecule has 0 saturated carbocycles. The Morgan fingerprint density at radius 2 is 1.35 bits per heavy atom. The topological polar surface area (TPSA) is 57.2 Å². The van der Waals surface area contributed by atoms with Gasteiger partial charge in [-0.05, 0) is 28.0 Å². The Bertz CT molecular complexity index is 1230. The number of rotatable bonds is 4. The van der Waals surface area contributed by atoms with E-state index in [2.05, 4.69) is 6.58 Å². The number of halogens is 6. The summed E-state index contributed by atoms with van der Waals surface area (Å²) in [6, 6.07) is 9.30. The molecule has 0 saturated heterocycles. The average Bonchev–Trinajstić information content (AvgIpc) is 2.66. The highest BCUT2D eigenvalue weighted by Crippen LogP contribution is 2.58. The Labute approximate surface area is 173 Å². The lowest BCUT2D eigenvalue weighted by molar-refractivity contribution is -0.288. The maximum atomic E-state index is 14.5. The van der Waals surface area contributed by atoms with Crippen molar-refractivity contribution < 1.29 is 39.3 Å². The Hall–Kier alpha value is -2.85. The highest BCUT2D eigenvalue weighted by molar-refractivity contribution is 7.85. The SMILES string of the molecule is C=Cc1ccc(C(c2c(S(=O)(=O)[O-])ccc3ccccc23)(C(F)(F)F)C(F)(F)F)cc1. The molecule has 0 amide bonds. The second kappa shape index (κ2) is 7.38. The summed E-state index contributed by atoms with van der Waals surface area (Å²) in [4.78, 5) is -1.59. The van der Waals surface area contributed by atoms with Crippen molar-refractivity contribution in [2.24, 2.45) is 0 Å². The predicted molar refractivity (Wildman–Crippen MR) is 101 cm³/mol. The lowest BCUT2D eigenvalue weighted by Gasteiger charge is -2.40. The van der Waals surface area contributed by atoms with Crippen LogP contribution in [0.4, 0.5) is 26.3 Å². The Morgan fingerprint density at radius 3 is 1.84 bits per heavy atom. The van der Waals surface area contributed by atoms with E-state index in [1.807, 2.05) is 0 Å². The molecule has 10 heteroatoms. The highest BCUT2D eigenvalue weighted by atomic mass is 32.2. The molecule has 0 aromatic heterocycles. The summed E-state index contributed by atoms with van der Waals surface area (Å²) in [6.07, 6.45) is -10.9. The van der Waals surface area contributed by atoms with Crippen molar-refractivity contribution in [1.29, 1.82) is 0 Å². The van der Waals surface area contributed by atoms with E-state index in [0.29, 0.717) is 18.2 Å². The molecule has 0 aliphatic heterocycles. The van der Waals surface area contributed by atoms with Gasteiger partial charge < -0.3 is 4.55 Å². The fraction of sp³-hybridized carbons (Fsp3) is 0.143. The van der Waals surface area contributed by atoms with Gasteiger partial charge in [0.1, 0.15) is 10.1 Å². The molecule has 3 nitrogen and oxygen atoms in total. The fourth-order valence-corrected chi connectivity index (χ4v) is 4.38. The van der Waals surface area contributed by atoms with E-state index in [0.717, 1.165) is 30.3 Å². The van der Waals surface area contributed by atoms with Gasteiger partial charge in [-0.15, -0.1) is 0 Å². The average molecular weight is 459 g/mol. The number of alkyl halides is 6. The Kier molecular flexibility index (Phi) is 5.44. The zero-order chi connectivity index (χ0) is 23.2. The van der Waals surface area contributed by atoms with E-state index in [-0.39, 0.29) is 10.9 Å². The molecular formula is C21H13F6O3S-. The first kappa shape index (κ1) is 22.8. The molecule has 0 fully saturated rings. The lowest BCUT2D eigenvalue weighted by atomic mass is 9.71. The van der Waals surface area contributed by atoms with Crippen molar-refractivity contribution in [2.45, 2.75) is 22.7 Å². The van der Waals surface area contributed by atoms with Gasteiger partial charge in [0.2, 0.25) is 5.41 Å². The van der Waals surface area contributed by atoms with Gasteiger partial charge in [0, 0.05) is 5.56 Å². The molecule has 0 radical (unpaired) electrons. The first-order valence-corrected chi connectivity index (χ1v) is 10.0. The van der Waals surface area contributed by atoms with E-state index in [1.54, 1.807) is 0 Å². The van der Waals surface area contributed by atoms with Crippen molar-refractivity contribution in [3.63, 3.8) is 0 Å². The zero-order valence-electron chi connectivity index (χ0n) is 15.5. The van der Waals surface area contributed by atoms with Gasteiger partial charge in [-0.1, -0.05) is 67.3 Å². The minimum Gasteiger partial charge on any atom is -0.744 e. The van der Waals surface area contributed by atoms with Gasteiger partial charge in [-0.2, -0.15) is 26.3 Å². The van der Waals surface area contributed by atoms with Crippen LogP contribution in [0.2, 0.25) is 0 Å². The molecule has 164 valence electrons. The maximum absolute atomic E-state index is 14.5. The van der Waals surface area contributed by atoms with Crippen LogP contribution in [0.3, 0.4) is 0 Å². The van der Waals surface area contributed by atoms with Gasteiger partial charge in [0.15, 0.2) is 0 Å². The third kappa shape index (κ3) is 3.59. The van der Waals surface area contributed by atoms with Gasteiger partial charge >= 0.3 is 12.4 Å². The van der Waals surface area contributed by atoms with Crippen LogP contribution >= 0.6 is 0 Å². The number of benzene rings is 3. The minimum absolute atomic E-state index is 0.0921. The van der Waals surface area contributed by atoms with Crippen LogP contribution in [-0.4, -0.2) is 25.3 Å². The van der Waals surface area contributed by atoms with Crippen molar-refractivity contribution in [1.82, 2.24) is 0 Å². The van der Waals surface area contributed by atoms with Crippen molar-refractivity contribution in [3.05, 3.63) is 83.9 Å². The van der Waals surface area contributed by atoms with Crippen LogP contribution in [0.1, 0.15) is 16.7 Å². The molecule has 0 atom stereocenters. The van der Waals surface area contributed by atoms with E-state index < -0.39 is 49.3 Å². The summed E-state index contributed by atoms with van der Waals surface area (Å²) < 4.78 is 122. The third-order valence-electron chi connectivity index (χ3n) is 4.96. The standard InChI is InChI=1S/C21H14F6O3S/c1-2-13-7-10-15(11-8-13)19(20(22,23)24,21(25,26)27)18-16-6-4-3-5-14(16)9-12-17(18)31(28,29)30/h2-12H,1H2,(H,28,29,30)/p-1. The fourth-order valence-electron chi connectivity index (χ4n) is 3.63. The van der Waals surface area contributed by atoms with Gasteiger partial charge in [-0.3, -0.25) is 0 Å². The molecule has 3 aromatic rings. The number of hydrogen-bond donors (Lipinski definition) is 0. The summed E-state index contributed by atoms with van der Waals surface area (Å²) in [5.41, 5.74) is -7.49. The van der Waals surface area contributed by atoms with Crippen LogP contribution in [0, 0.1) is 0 Å². The molecule has 0 N–H and O–H groups in total.